The van der Waals surface area contributed by atoms with Gasteiger partial charge in [0, 0.05) is 37.8 Å². The predicted octanol–water partition coefficient (Wildman–Crippen LogP) is 2.10. The second-order valence-corrected chi connectivity index (χ2v) is 5.54. The van der Waals surface area contributed by atoms with Crippen LogP contribution in [0.1, 0.15) is 61.3 Å². The van der Waals surface area contributed by atoms with E-state index in [2.05, 4.69) is 19.2 Å². The molecule has 0 radical (unpaired) electrons. The first kappa shape index (κ1) is 12.1. The van der Waals surface area contributed by atoms with E-state index in [1.54, 1.807) is 0 Å². The lowest BCUT2D eigenvalue weighted by Gasteiger charge is -2.22. The van der Waals surface area contributed by atoms with E-state index in [1.165, 1.54) is 17.0 Å². The lowest BCUT2D eigenvalue weighted by Crippen LogP contribution is -2.18. The zero-order chi connectivity index (χ0) is 12.5. The highest BCUT2D eigenvalue weighted by atomic mass is 16.5. The van der Waals surface area contributed by atoms with Gasteiger partial charge in [-0.15, -0.1) is 0 Å². The van der Waals surface area contributed by atoms with Gasteiger partial charge in [0.1, 0.15) is 5.82 Å². The third-order valence-electron chi connectivity index (χ3n) is 3.87. The molecular weight excluding hydrogens is 226 g/mol. The Kier molecular flexibility index (Phi) is 3.31. The second-order valence-electron chi connectivity index (χ2n) is 5.54. The number of hydrogen-bond donors (Lipinski definition) is 1. The Hall–Kier alpha value is -1.00. The summed E-state index contributed by atoms with van der Waals surface area (Å²) in [6.45, 7) is 7.95. The summed E-state index contributed by atoms with van der Waals surface area (Å²) >= 11 is 0. The van der Waals surface area contributed by atoms with E-state index in [0.717, 1.165) is 45.0 Å². The van der Waals surface area contributed by atoms with E-state index in [4.69, 9.17) is 14.7 Å². The highest BCUT2D eigenvalue weighted by Crippen LogP contribution is 2.29. The highest BCUT2D eigenvalue weighted by Gasteiger charge is 2.25. The van der Waals surface area contributed by atoms with E-state index in [-0.39, 0.29) is 0 Å². The topological polar surface area (TPSA) is 47.0 Å². The SMILES string of the molecule is CC(C)c1nc(C2CCOCC2)nc2c1CNC2. The standard InChI is InChI=1S/C14H21N3O/c1-9(2)13-11-7-15-8-12(11)16-14(17-13)10-3-5-18-6-4-10/h9-10,15H,3-8H2,1-2H3. The monoisotopic (exact) mass is 247 g/mol. The number of nitrogens with one attached hydrogen (secondary N) is 1. The summed E-state index contributed by atoms with van der Waals surface area (Å²) in [6.07, 6.45) is 2.12. The van der Waals surface area contributed by atoms with Gasteiger partial charge in [-0.2, -0.15) is 0 Å². The van der Waals surface area contributed by atoms with Gasteiger partial charge in [-0.3, -0.25) is 0 Å². The minimum atomic E-state index is 0.472. The maximum Gasteiger partial charge on any atom is 0.132 e. The first-order valence-corrected chi connectivity index (χ1v) is 6.93. The molecule has 0 aromatic carbocycles. The summed E-state index contributed by atoms with van der Waals surface area (Å²) < 4.78 is 5.42. The molecule has 2 aliphatic heterocycles. The van der Waals surface area contributed by atoms with Crippen LogP contribution in [0.25, 0.3) is 0 Å². The van der Waals surface area contributed by atoms with Crippen LogP contribution in [0.4, 0.5) is 0 Å². The molecule has 3 heterocycles. The summed E-state index contributed by atoms with van der Waals surface area (Å²) in [7, 11) is 0. The summed E-state index contributed by atoms with van der Waals surface area (Å²) in [5, 5.41) is 3.39. The van der Waals surface area contributed by atoms with Crippen molar-refractivity contribution in [2.45, 2.75) is 51.6 Å². The molecule has 0 spiro atoms. The number of aromatic nitrogens is 2. The van der Waals surface area contributed by atoms with Crippen LogP contribution in [0.5, 0.6) is 0 Å². The van der Waals surface area contributed by atoms with Crippen molar-refractivity contribution in [1.29, 1.82) is 0 Å². The van der Waals surface area contributed by atoms with Gasteiger partial charge in [0.15, 0.2) is 0 Å². The minimum absolute atomic E-state index is 0.472. The second kappa shape index (κ2) is 4.94. The molecule has 4 heteroatoms. The average Bonchev–Trinajstić information content (AvgIpc) is 2.86. The summed E-state index contributed by atoms with van der Waals surface area (Å²) in [5.74, 6) is 2.01. The molecule has 0 bridgehead atoms. The minimum Gasteiger partial charge on any atom is -0.381 e. The van der Waals surface area contributed by atoms with Crippen molar-refractivity contribution in [2.75, 3.05) is 13.2 Å². The van der Waals surface area contributed by atoms with Crippen molar-refractivity contribution < 1.29 is 4.74 Å². The normalized spacial score (nSPS) is 20.4. The first-order valence-electron chi connectivity index (χ1n) is 6.93. The van der Waals surface area contributed by atoms with Crippen LogP contribution >= 0.6 is 0 Å². The fraction of sp³-hybridized carbons (Fsp3) is 0.714. The third-order valence-corrected chi connectivity index (χ3v) is 3.87. The fourth-order valence-electron chi connectivity index (χ4n) is 2.83. The number of rotatable bonds is 2. The molecule has 0 saturated carbocycles. The molecule has 0 atom stereocenters. The highest BCUT2D eigenvalue weighted by molar-refractivity contribution is 5.31. The van der Waals surface area contributed by atoms with E-state index in [0.29, 0.717) is 11.8 Å². The van der Waals surface area contributed by atoms with Crippen LogP contribution in [-0.4, -0.2) is 23.2 Å². The van der Waals surface area contributed by atoms with Crippen LogP contribution in [0.2, 0.25) is 0 Å². The van der Waals surface area contributed by atoms with Crippen LogP contribution in [0.15, 0.2) is 0 Å². The molecule has 0 aliphatic carbocycles. The molecule has 0 amide bonds. The molecule has 0 unspecified atom stereocenters. The first-order chi connectivity index (χ1) is 8.75. The largest absolute Gasteiger partial charge is 0.381 e. The molecule has 1 fully saturated rings. The number of fused-ring (bicyclic) bond motifs is 1. The van der Waals surface area contributed by atoms with Crippen molar-refractivity contribution in [2.24, 2.45) is 0 Å². The van der Waals surface area contributed by atoms with Gasteiger partial charge in [-0.05, 0) is 18.8 Å². The molecule has 18 heavy (non-hydrogen) atoms. The molecule has 1 aromatic rings. The van der Waals surface area contributed by atoms with Gasteiger partial charge >= 0.3 is 0 Å². The van der Waals surface area contributed by atoms with Gasteiger partial charge < -0.3 is 10.1 Å². The Bertz CT molecular complexity index is 439. The number of nitrogens with zero attached hydrogens (tertiary/aromatic N) is 2. The number of hydrogen-bond acceptors (Lipinski definition) is 4. The Labute approximate surface area is 108 Å². The molecule has 1 N–H and O–H groups in total. The molecular formula is C14H21N3O. The van der Waals surface area contributed by atoms with Gasteiger partial charge in [0.05, 0.1) is 11.4 Å². The smallest absolute Gasteiger partial charge is 0.132 e. The number of ether oxygens (including phenoxy) is 1. The zero-order valence-corrected chi connectivity index (χ0v) is 11.2. The maximum atomic E-state index is 5.42. The Morgan fingerprint density at radius 3 is 2.67 bits per heavy atom. The van der Waals surface area contributed by atoms with Crippen molar-refractivity contribution in [3.05, 3.63) is 22.8 Å². The molecule has 2 aliphatic rings. The van der Waals surface area contributed by atoms with Crippen molar-refractivity contribution in [3.8, 4) is 0 Å². The maximum absolute atomic E-state index is 5.42. The van der Waals surface area contributed by atoms with Crippen LogP contribution in [0, 0.1) is 0 Å². The Morgan fingerprint density at radius 2 is 1.94 bits per heavy atom. The zero-order valence-electron chi connectivity index (χ0n) is 11.2. The van der Waals surface area contributed by atoms with E-state index < -0.39 is 0 Å². The summed E-state index contributed by atoms with van der Waals surface area (Å²) in [6, 6.07) is 0. The molecule has 98 valence electrons. The molecule has 3 rings (SSSR count). The molecule has 1 saturated heterocycles. The van der Waals surface area contributed by atoms with E-state index in [1.807, 2.05) is 0 Å². The van der Waals surface area contributed by atoms with E-state index >= 15 is 0 Å². The van der Waals surface area contributed by atoms with Crippen LogP contribution in [0.3, 0.4) is 0 Å². The third kappa shape index (κ3) is 2.15. The molecule has 4 nitrogen and oxygen atoms in total. The van der Waals surface area contributed by atoms with Crippen LogP contribution in [-0.2, 0) is 17.8 Å². The lowest BCUT2D eigenvalue weighted by molar-refractivity contribution is 0.0834. The quantitative estimate of drug-likeness (QED) is 0.869. The Balaban J connectivity index is 1.97. The Morgan fingerprint density at radius 1 is 1.17 bits per heavy atom. The average molecular weight is 247 g/mol. The predicted molar refractivity (Wildman–Crippen MR) is 69.5 cm³/mol. The lowest BCUT2D eigenvalue weighted by atomic mass is 9.97. The van der Waals surface area contributed by atoms with Crippen molar-refractivity contribution in [3.63, 3.8) is 0 Å². The van der Waals surface area contributed by atoms with Gasteiger partial charge in [0.25, 0.3) is 0 Å². The van der Waals surface area contributed by atoms with Gasteiger partial charge in [0.2, 0.25) is 0 Å². The van der Waals surface area contributed by atoms with Gasteiger partial charge in [-0.1, -0.05) is 13.8 Å². The summed E-state index contributed by atoms with van der Waals surface area (Å²) in [4.78, 5) is 9.65. The fourth-order valence-corrected chi connectivity index (χ4v) is 2.83. The van der Waals surface area contributed by atoms with E-state index in [9.17, 15) is 0 Å². The summed E-state index contributed by atoms with van der Waals surface area (Å²) in [5.41, 5.74) is 3.79. The molecule has 1 aromatic heterocycles. The van der Waals surface area contributed by atoms with Crippen LogP contribution < -0.4 is 5.32 Å². The van der Waals surface area contributed by atoms with Crippen molar-refractivity contribution in [1.82, 2.24) is 15.3 Å². The van der Waals surface area contributed by atoms with Crippen molar-refractivity contribution >= 4 is 0 Å². The van der Waals surface area contributed by atoms with Gasteiger partial charge in [-0.25, -0.2) is 9.97 Å².